The van der Waals surface area contributed by atoms with Gasteiger partial charge in [0.15, 0.2) is 0 Å². The smallest absolute Gasteiger partial charge is 0.251 e. The van der Waals surface area contributed by atoms with E-state index in [0.717, 1.165) is 41.5 Å². The van der Waals surface area contributed by atoms with Gasteiger partial charge in [0.25, 0.3) is 5.91 Å². The molecule has 1 fully saturated rings. The van der Waals surface area contributed by atoms with Gasteiger partial charge in [-0.2, -0.15) is 0 Å². The maximum Gasteiger partial charge on any atom is 0.251 e. The fourth-order valence-electron chi connectivity index (χ4n) is 4.05. The van der Waals surface area contributed by atoms with Crippen LogP contribution in [0.2, 0.25) is 0 Å². The van der Waals surface area contributed by atoms with Gasteiger partial charge in [0.05, 0.1) is 26.4 Å². The Morgan fingerprint density at radius 3 is 2.48 bits per heavy atom. The standard InChI is InChI=1S/C27H30N2O4/c1-20-12-13-26(33-20)24(29-14-16-32-17-15-29)19-28-27(30)23(21-8-4-3-5-9-21)18-22-10-6-7-11-25(22)31-2/h3-13,18,24H,14-17,19H2,1-2H3,(H,28,30)/b23-18+. The monoisotopic (exact) mass is 446 g/mol. The number of amides is 1. The molecule has 0 bridgehead atoms. The Morgan fingerprint density at radius 1 is 1.06 bits per heavy atom. The molecule has 6 nitrogen and oxygen atoms in total. The van der Waals surface area contributed by atoms with Crippen molar-refractivity contribution in [3.8, 4) is 5.75 Å². The highest BCUT2D eigenvalue weighted by molar-refractivity contribution is 6.24. The zero-order valence-electron chi connectivity index (χ0n) is 19.1. The Morgan fingerprint density at radius 2 is 1.79 bits per heavy atom. The Bertz CT molecular complexity index is 1080. The average molecular weight is 447 g/mol. The van der Waals surface area contributed by atoms with E-state index >= 15 is 0 Å². The molecule has 1 N–H and O–H groups in total. The summed E-state index contributed by atoms with van der Waals surface area (Å²) in [5, 5.41) is 3.15. The number of carbonyl (C=O) groups excluding carboxylic acids is 1. The molecule has 1 aliphatic rings. The molecule has 172 valence electrons. The lowest BCUT2D eigenvalue weighted by Crippen LogP contribution is -2.43. The molecule has 1 saturated heterocycles. The SMILES string of the molecule is COc1ccccc1/C=C(/C(=O)NCC(c1ccc(C)o1)N1CCOCC1)c1ccccc1. The molecular formula is C27H30N2O4. The maximum absolute atomic E-state index is 13.5. The second-order valence-corrected chi connectivity index (χ2v) is 7.99. The van der Waals surface area contributed by atoms with Crippen LogP contribution in [0.4, 0.5) is 0 Å². The van der Waals surface area contributed by atoms with Crippen molar-refractivity contribution in [3.05, 3.63) is 89.4 Å². The number of rotatable bonds is 8. The first kappa shape index (κ1) is 22.8. The highest BCUT2D eigenvalue weighted by Crippen LogP contribution is 2.26. The second kappa shape index (κ2) is 11.0. The van der Waals surface area contributed by atoms with Gasteiger partial charge < -0.3 is 19.2 Å². The van der Waals surface area contributed by atoms with Crippen LogP contribution in [0.1, 0.15) is 28.7 Å². The van der Waals surface area contributed by atoms with Crippen LogP contribution in [0.3, 0.4) is 0 Å². The van der Waals surface area contributed by atoms with Crippen molar-refractivity contribution in [2.24, 2.45) is 0 Å². The average Bonchev–Trinajstić information content (AvgIpc) is 3.29. The quantitative estimate of drug-likeness (QED) is 0.412. The van der Waals surface area contributed by atoms with Gasteiger partial charge >= 0.3 is 0 Å². The van der Waals surface area contributed by atoms with E-state index < -0.39 is 0 Å². The van der Waals surface area contributed by atoms with Crippen molar-refractivity contribution in [2.75, 3.05) is 40.0 Å². The Balaban J connectivity index is 1.60. The minimum Gasteiger partial charge on any atom is -0.496 e. The van der Waals surface area contributed by atoms with Gasteiger partial charge in [-0.1, -0.05) is 48.5 Å². The fraction of sp³-hybridized carbons (Fsp3) is 0.296. The number of hydrogen-bond acceptors (Lipinski definition) is 5. The van der Waals surface area contributed by atoms with Crippen LogP contribution < -0.4 is 10.1 Å². The third kappa shape index (κ3) is 5.72. The summed E-state index contributed by atoms with van der Waals surface area (Å²) in [4.78, 5) is 15.8. The molecular weight excluding hydrogens is 416 g/mol. The van der Waals surface area contributed by atoms with E-state index in [4.69, 9.17) is 13.9 Å². The molecule has 0 radical (unpaired) electrons. The molecule has 3 aromatic rings. The summed E-state index contributed by atoms with van der Waals surface area (Å²) in [6.45, 7) is 5.30. The highest BCUT2D eigenvalue weighted by Gasteiger charge is 2.26. The van der Waals surface area contributed by atoms with Gasteiger partial charge in [0.2, 0.25) is 0 Å². The largest absolute Gasteiger partial charge is 0.496 e. The zero-order valence-corrected chi connectivity index (χ0v) is 19.1. The molecule has 2 heterocycles. The van der Waals surface area contributed by atoms with Gasteiger partial charge in [0.1, 0.15) is 17.3 Å². The van der Waals surface area contributed by atoms with E-state index in [0.29, 0.717) is 25.3 Å². The number of ether oxygens (including phenoxy) is 2. The minimum atomic E-state index is -0.145. The van der Waals surface area contributed by atoms with Gasteiger partial charge in [-0.15, -0.1) is 0 Å². The maximum atomic E-state index is 13.5. The Kier molecular flexibility index (Phi) is 7.60. The number of nitrogens with one attached hydrogen (secondary N) is 1. The van der Waals surface area contributed by atoms with Gasteiger partial charge in [-0.25, -0.2) is 0 Å². The summed E-state index contributed by atoms with van der Waals surface area (Å²) in [5.74, 6) is 2.28. The lowest BCUT2D eigenvalue weighted by atomic mass is 10.0. The molecule has 1 aliphatic heterocycles. The normalized spacial score (nSPS) is 15.8. The first-order valence-electron chi connectivity index (χ1n) is 11.2. The third-order valence-corrected chi connectivity index (χ3v) is 5.80. The Hall–Kier alpha value is -3.35. The van der Waals surface area contributed by atoms with E-state index in [2.05, 4.69) is 10.2 Å². The predicted molar refractivity (Wildman–Crippen MR) is 129 cm³/mol. The van der Waals surface area contributed by atoms with Crippen LogP contribution in [0.5, 0.6) is 5.75 Å². The number of carbonyl (C=O) groups is 1. The van der Waals surface area contributed by atoms with Crippen molar-refractivity contribution < 1.29 is 18.7 Å². The molecule has 33 heavy (non-hydrogen) atoms. The van der Waals surface area contributed by atoms with Crippen LogP contribution in [0.25, 0.3) is 11.6 Å². The molecule has 1 amide bonds. The molecule has 1 aromatic heterocycles. The van der Waals surface area contributed by atoms with E-state index in [1.807, 2.05) is 79.7 Å². The predicted octanol–water partition coefficient (Wildman–Crippen LogP) is 4.33. The molecule has 0 spiro atoms. The fourth-order valence-corrected chi connectivity index (χ4v) is 4.05. The van der Waals surface area contributed by atoms with Crippen molar-refractivity contribution in [2.45, 2.75) is 13.0 Å². The number of nitrogens with zero attached hydrogens (tertiary/aromatic N) is 1. The van der Waals surface area contributed by atoms with Gasteiger partial charge in [-0.3, -0.25) is 9.69 Å². The highest BCUT2D eigenvalue weighted by atomic mass is 16.5. The lowest BCUT2D eigenvalue weighted by molar-refractivity contribution is -0.116. The van der Waals surface area contributed by atoms with Gasteiger partial charge in [-0.05, 0) is 36.8 Å². The molecule has 1 unspecified atom stereocenters. The zero-order chi connectivity index (χ0) is 23.0. The van der Waals surface area contributed by atoms with Crippen LogP contribution >= 0.6 is 0 Å². The summed E-state index contributed by atoms with van der Waals surface area (Å²) < 4.78 is 16.9. The second-order valence-electron chi connectivity index (χ2n) is 7.99. The summed E-state index contributed by atoms with van der Waals surface area (Å²) >= 11 is 0. The summed E-state index contributed by atoms with van der Waals surface area (Å²) in [5.41, 5.74) is 2.27. The number of aryl methyl sites for hydroxylation is 1. The van der Waals surface area contributed by atoms with Crippen molar-refractivity contribution >= 4 is 17.6 Å². The van der Waals surface area contributed by atoms with Gasteiger partial charge in [0, 0.05) is 30.8 Å². The number of furan rings is 1. The molecule has 0 saturated carbocycles. The molecule has 4 rings (SSSR count). The van der Waals surface area contributed by atoms with E-state index in [1.54, 1.807) is 7.11 Å². The van der Waals surface area contributed by atoms with Crippen LogP contribution in [-0.2, 0) is 9.53 Å². The summed E-state index contributed by atoms with van der Waals surface area (Å²) in [6, 6.07) is 21.3. The minimum absolute atomic E-state index is 0.0603. The Labute approximate surface area is 194 Å². The van der Waals surface area contributed by atoms with E-state index in [-0.39, 0.29) is 11.9 Å². The number of benzene rings is 2. The third-order valence-electron chi connectivity index (χ3n) is 5.80. The van der Waals surface area contributed by atoms with Crippen molar-refractivity contribution in [1.82, 2.24) is 10.2 Å². The van der Waals surface area contributed by atoms with Crippen molar-refractivity contribution in [3.63, 3.8) is 0 Å². The van der Waals surface area contributed by atoms with Crippen molar-refractivity contribution in [1.29, 1.82) is 0 Å². The number of para-hydroxylation sites is 1. The molecule has 1 atom stereocenters. The van der Waals surface area contributed by atoms with Crippen LogP contribution in [0.15, 0.2) is 71.1 Å². The van der Waals surface area contributed by atoms with Crippen LogP contribution in [-0.4, -0.2) is 50.8 Å². The number of hydrogen-bond donors (Lipinski definition) is 1. The molecule has 0 aliphatic carbocycles. The number of methoxy groups -OCH3 is 1. The summed E-state index contributed by atoms with van der Waals surface area (Å²) in [7, 11) is 1.63. The summed E-state index contributed by atoms with van der Waals surface area (Å²) in [6.07, 6.45) is 1.88. The van der Waals surface area contributed by atoms with E-state index in [1.165, 1.54) is 0 Å². The molecule has 2 aromatic carbocycles. The first-order chi connectivity index (χ1) is 16.2. The first-order valence-corrected chi connectivity index (χ1v) is 11.2. The number of morpholine rings is 1. The molecule has 6 heteroatoms. The van der Waals surface area contributed by atoms with E-state index in [9.17, 15) is 4.79 Å². The lowest BCUT2D eigenvalue weighted by Gasteiger charge is -2.33. The van der Waals surface area contributed by atoms with Crippen LogP contribution in [0, 0.1) is 6.92 Å². The topological polar surface area (TPSA) is 63.9 Å².